The highest BCUT2D eigenvalue weighted by molar-refractivity contribution is 5.80. The van der Waals surface area contributed by atoms with Crippen LogP contribution < -0.4 is 5.32 Å². The zero-order valence-corrected chi connectivity index (χ0v) is 7.70. The molecule has 2 rings (SSSR count). The third-order valence-electron chi connectivity index (χ3n) is 2.28. The van der Waals surface area contributed by atoms with Gasteiger partial charge in [-0.05, 0) is 14.0 Å². The molecule has 1 atom stereocenters. The quantitative estimate of drug-likeness (QED) is 0.723. The fourth-order valence-electron chi connectivity index (χ4n) is 1.37. The van der Waals surface area contributed by atoms with Crippen LogP contribution in [-0.4, -0.2) is 22.2 Å². The Morgan fingerprint density at radius 3 is 3.00 bits per heavy atom. The van der Waals surface area contributed by atoms with Crippen LogP contribution in [0.2, 0.25) is 0 Å². The van der Waals surface area contributed by atoms with Crippen molar-refractivity contribution in [2.45, 2.75) is 13.0 Å². The second kappa shape index (κ2) is 3.14. The Morgan fingerprint density at radius 2 is 2.23 bits per heavy atom. The van der Waals surface area contributed by atoms with E-state index in [0.29, 0.717) is 0 Å². The molecule has 0 aliphatic carbocycles. The van der Waals surface area contributed by atoms with E-state index in [1.807, 2.05) is 19.4 Å². The van der Waals surface area contributed by atoms with E-state index in [4.69, 9.17) is 0 Å². The maximum atomic E-state index is 4.15. The third kappa shape index (κ3) is 1.29. The number of fused-ring (bicyclic) bond motifs is 1. The number of hydrogen-bond acceptors (Lipinski definition) is 3. The SMILES string of the molecule is CNC(C)c1cncc2cn[nH]c12. The lowest BCUT2D eigenvalue weighted by Crippen LogP contribution is -2.12. The highest BCUT2D eigenvalue weighted by Gasteiger charge is 2.08. The van der Waals surface area contributed by atoms with Gasteiger partial charge in [-0.3, -0.25) is 10.1 Å². The first-order valence-electron chi connectivity index (χ1n) is 4.27. The molecule has 0 saturated heterocycles. The average molecular weight is 176 g/mol. The minimum atomic E-state index is 0.289. The van der Waals surface area contributed by atoms with Crippen molar-refractivity contribution in [3.8, 4) is 0 Å². The molecule has 0 fully saturated rings. The Bertz CT molecular complexity index is 407. The lowest BCUT2D eigenvalue weighted by Gasteiger charge is -2.10. The number of rotatable bonds is 2. The van der Waals surface area contributed by atoms with Gasteiger partial charge in [0.05, 0.1) is 11.7 Å². The number of aromatic nitrogens is 3. The molecule has 13 heavy (non-hydrogen) atoms. The van der Waals surface area contributed by atoms with Crippen molar-refractivity contribution < 1.29 is 0 Å². The van der Waals surface area contributed by atoms with Gasteiger partial charge in [-0.15, -0.1) is 0 Å². The molecule has 0 aliphatic rings. The first-order chi connectivity index (χ1) is 6.33. The standard InChI is InChI=1S/C9H12N4/c1-6(10-2)8-5-11-3-7-4-12-13-9(7)8/h3-6,10H,1-2H3,(H,12,13). The van der Waals surface area contributed by atoms with E-state index in [-0.39, 0.29) is 6.04 Å². The van der Waals surface area contributed by atoms with Crippen molar-refractivity contribution in [2.75, 3.05) is 7.05 Å². The number of H-pyrrole nitrogens is 1. The largest absolute Gasteiger partial charge is 0.313 e. The number of pyridine rings is 1. The van der Waals surface area contributed by atoms with E-state index < -0.39 is 0 Å². The number of hydrogen-bond donors (Lipinski definition) is 2. The van der Waals surface area contributed by atoms with Crippen LogP contribution in [0, 0.1) is 0 Å². The van der Waals surface area contributed by atoms with Gasteiger partial charge in [0.1, 0.15) is 0 Å². The van der Waals surface area contributed by atoms with E-state index in [1.54, 1.807) is 6.20 Å². The molecule has 1 unspecified atom stereocenters. The van der Waals surface area contributed by atoms with Gasteiger partial charge in [0.2, 0.25) is 0 Å². The highest BCUT2D eigenvalue weighted by atomic mass is 15.1. The zero-order chi connectivity index (χ0) is 9.26. The highest BCUT2D eigenvalue weighted by Crippen LogP contribution is 2.19. The van der Waals surface area contributed by atoms with Crippen molar-refractivity contribution in [2.24, 2.45) is 0 Å². The van der Waals surface area contributed by atoms with Crippen LogP contribution in [0.3, 0.4) is 0 Å². The maximum Gasteiger partial charge on any atom is 0.0728 e. The van der Waals surface area contributed by atoms with E-state index >= 15 is 0 Å². The molecule has 0 spiro atoms. The van der Waals surface area contributed by atoms with Crippen molar-refractivity contribution >= 4 is 10.9 Å². The molecule has 2 N–H and O–H groups in total. The molecule has 4 heteroatoms. The van der Waals surface area contributed by atoms with Crippen LogP contribution in [0.5, 0.6) is 0 Å². The summed E-state index contributed by atoms with van der Waals surface area (Å²) < 4.78 is 0. The Kier molecular flexibility index (Phi) is 1.98. The summed E-state index contributed by atoms with van der Waals surface area (Å²) in [6, 6.07) is 0.289. The molecular weight excluding hydrogens is 164 g/mol. The summed E-state index contributed by atoms with van der Waals surface area (Å²) in [5, 5.41) is 11.2. The third-order valence-corrected chi connectivity index (χ3v) is 2.28. The van der Waals surface area contributed by atoms with Crippen LogP contribution in [-0.2, 0) is 0 Å². The summed E-state index contributed by atoms with van der Waals surface area (Å²) in [7, 11) is 1.93. The van der Waals surface area contributed by atoms with E-state index in [0.717, 1.165) is 16.5 Å². The summed E-state index contributed by atoms with van der Waals surface area (Å²) in [5.74, 6) is 0. The molecular formula is C9H12N4. The molecule has 2 aromatic heterocycles. The summed E-state index contributed by atoms with van der Waals surface area (Å²) in [6.45, 7) is 2.09. The predicted octanol–water partition coefficient (Wildman–Crippen LogP) is 1.24. The van der Waals surface area contributed by atoms with Crippen LogP contribution in [0.25, 0.3) is 10.9 Å². The first kappa shape index (κ1) is 8.19. The summed E-state index contributed by atoms with van der Waals surface area (Å²) in [6.07, 6.45) is 5.46. The van der Waals surface area contributed by atoms with Crippen LogP contribution in [0.1, 0.15) is 18.5 Å². The van der Waals surface area contributed by atoms with Crippen LogP contribution >= 0.6 is 0 Å². The van der Waals surface area contributed by atoms with Gasteiger partial charge < -0.3 is 5.32 Å². The lowest BCUT2D eigenvalue weighted by atomic mass is 10.1. The van der Waals surface area contributed by atoms with E-state index in [1.165, 1.54) is 0 Å². The van der Waals surface area contributed by atoms with E-state index in [9.17, 15) is 0 Å². The zero-order valence-electron chi connectivity index (χ0n) is 7.70. The van der Waals surface area contributed by atoms with Crippen molar-refractivity contribution in [1.82, 2.24) is 20.5 Å². The fraction of sp³-hybridized carbons (Fsp3) is 0.333. The minimum absolute atomic E-state index is 0.289. The average Bonchev–Trinajstić information content (AvgIpc) is 2.63. The van der Waals surface area contributed by atoms with Crippen molar-refractivity contribution in [3.05, 3.63) is 24.2 Å². The van der Waals surface area contributed by atoms with Crippen molar-refractivity contribution in [1.29, 1.82) is 0 Å². The molecule has 0 saturated carbocycles. The first-order valence-corrected chi connectivity index (χ1v) is 4.27. The van der Waals surface area contributed by atoms with Crippen LogP contribution in [0.4, 0.5) is 0 Å². The Morgan fingerprint density at radius 1 is 1.38 bits per heavy atom. The normalized spacial score (nSPS) is 13.4. The maximum absolute atomic E-state index is 4.15. The smallest absolute Gasteiger partial charge is 0.0728 e. The Labute approximate surface area is 76.4 Å². The van der Waals surface area contributed by atoms with E-state index in [2.05, 4.69) is 27.4 Å². The van der Waals surface area contributed by atoms with Gasteiger partial charge in [0.15, 0.2) is 0 Å². The van der Waals surface area contributed by atoms with Gasteiger partial charge in [0, 0.05) is 29.4 Å². The number of aromatic amines is 1. The number of nitrogens with one attached hydrogen (secondary N) is 2. The molecule has 0 aliphatic heterocycles. The fourth-order valence-corrected chi connectivity index (χ4v) is 1.37. The second-order valence-corrected chi connectivity index (χ2v) is 3.07. The van der Waals surface area contributed by atoms with Gasteiger partial charge >= 0.3 is 0 Å². The minimum Gasteiger partial charge on any atom is -0.313 e. The Hall–Kier alpha value is -1.42. The molecule has 2 aromatic rings. The monoisotopic (exact) mass is 176 g/mol. The van der Waals surface area contributed by atoms with Gasteiger partial charge in [-0.25, -0.2) is 0 Å². The summed E-state index contributed by atoms with van der Waals surface area (Å²) in [5.41, 5.74) is 2.22. The molecule has 4 nitrogen and oxygen atoms in total. The summed E-state index contributed by atoms with van der Waals surface area (Å²) in [4.78, 5) is 4.15. The molecule has 2 heterocycles. The van der Waals surface area contributed by atoms with Gasteiger partial charge in [-0.2, -0.15) is 5.10 Å². The molecule has 0 bridgehead atoms. The Balaban J connectivity index is 2.60. The van der Waals surface area contributed by atoms with Gasteiger partial charge in [0.25, 0.3) is 0 Å². The summed E-state index contributed by atoms with van der Waals surface area (Å²) >= 11 is 0. The van der Waals surface area contributed by atoms with Crippen molar-refractivity contribution in [3.63, 3.8) is 0 Å². The second-order valence-electron chi connectivity index (χ2n) is 3.07. The van der Waals surface area contributed by atoms with Gasteiger partial charge in [-0.1, -0.05) is 0 Å². The predicted molar refractivity (Wildman–Crippen MR) is 51.4 cm³/mol. The topological polar surface area (TPSA) is 53.6 Å². The molecule has 0 radical (unpaired) electrons. The molecule has 68 valence electrons. The number of nitrogens with zero attached hydrogens (tertiary/aromatic N) is 2. The molecule has 0 amide bonds. The lowest BCUT2D eigenvalue weighted by molar-refractivity contribution is 0.653. The van der Waals surface area contributed by atoms with Crippen LogP contribution in [0.15, 0.2) is 18.6 Å². The molecule has 0 aromatic carbocycles.